The number of rotatable bonds is 5. The van der Waals surface area contributed by atoms with Crippen LogP contribution in [-0.2, 0) is 14.3 Å². The number of halogens is 1. The summed E-state index contributed by atoms with van der Waals surface area (Å²) in [6.45, 7) is 1.47. The molecule has 0 fully saturated rings. The summed E-state index contributed by atoms with van der Waals surface area (Å²) in [6.07, 6.45) is -2.00. The van der Waals surface area contributed by atoms with Gasteiger partial charge in [-0.1, -0.05) is 23.7 Å². The largest absolute Gasteiger partial charge is 0.495 e. The van der Waals surface area contributed by atoms with Crippen LogP contribution in [0.25, 0.3) is 0 Å². The van der Waals surface area contributed by atoms with Crippen molar-refractivity contribution in [3.8, 4) is 17.2 Å². The molecule has 1 amide bonds. The van der Waals surface area contributed by atoms with Crippen LogP contribution in [-0.4, -0.2) is 37.8 Å². The maximum atomic E-state index is 12.3. The molecular weight excluding hydrogens is 374 g/mol. The van der Waals surface area contributed by atoms with E-state index < -0.39 is 24.1 Å². The number of hydrogen-bond acceptors (Lipinski definition) is 6. The Bertz CT molecular complexity index is 856. The van der Waals surface area contributed by atoms with Crippen LogP contribution >= 0.6 is 11.6 Å². The summed E-state index contributed by atoms with van der Waals surface area (Å²) in [5, 5.41) is 3.06. The molecule has 142 valence electrons. The minimum absolute atomic E-state index is 0.00625. The van der Waals surface area contributed by atoms with E-state index in [1.54, 1.807) is 42.5 Å². The van der Waals surface area contributed by atoms with Crippen LogP contribution in [0.2, 0.25) is 5.02 Å². The molecule has 7 nitrogen and oxygen atoms in total. The van der Waals surface area contributed by atoms with E-state index in [-0.39, 0.29) is 6.61 Å². The van der Waals surface area contributed by atoms with Crippen molar-refractivity contribution in [1.82, 2.24) is 0 Å². The molecule has 1 heterocycles. The summed E-state index contributed by atoms with van der Waals surface area (Å²) in [4.78, 5) is 24.6. The topological polar surface area (TPSA) is 83.1 Å². The Balaban J connectivity index is 1.60. The summed E-state index contributed by atoms with van der Waals surface area (Å²) in [5.41, 5.74) is 0.379. The zero-order valence-corrected chi connectivity index (χ0v) is 15.5. The number of carbonyl (C=O) groups excluding carboxylic acids is 2. The van der Waals surface area contributed by atoms with Crippen molar-refractivity contribution < 1.29 is 28.5 Å². The molecule has 1 aliphatic rings. The number of methoxy groups -OCH3 is 1. The molecule has 1 N–H and O–H groups in total. The number of nitrogens with one attached hydrogen (secondary N) is 1. The molecule has 2 aromatic carbocycles. The van der Waals surface area contributed by atoms with E-state index in [4.69, 9.17) is 30.5 Å². The standard InChI is InChI=1S/C19H18ClNO6/c1-11(18(22)21-13-9-12(20)7-8-14(13)24-2)26-19(23)17-10-25-15-5-3-4-6-16(15)27-17/h3-9,11,17H,10H2,1-2H3,(H,21,22)/t11-,17+/m0/s1. The molecular formula is C19H18ClNO6. The predicted octanol–water partition coefficient (Wildman–Crippen LogP) is 3.06. The molecule has 0 aromatic heterocycles. The van der Waals surface area contributed by atoms with Gasteiger partial charge in [0.25, 0.3) is 5.91 Å². The van der Waals surface area contributed by atoms with Crippen LogP contribution in [0, 0.1) is 0 Å². The normalized spacial score (nSPS) is 16.2. The summed E-state index contributed by atoms with van der Waals surface area (Å²) >= 11 is 5.94. The van der Waals surface area contributed by atoms with Gasteiger partial charge in [0.2, 0.25) is 6.10 Å². The van der Waals surface area contributed by atoms with Gasteiger partial charge in [0.1, 0.15) is 12.4 Å². The third kappa shape index (κ3) is 4.43. The lowest BCUT2D eigenvalue weighted by atomic mass is 10.2. The molecule has 2 aromatic rings. The monoisotopic (exact) mass is 391 g/mol. The fourth-order valence-corrected chi connectivity index (χ4v) is 2.62. The number of fused-ring (bicyclic) bond motifs is 1. The number of amides is 1. The second kappa shape index (κ2) is 8.18. The van der Waals surface area contributed by atoms with Gasteiger partial charge in [0.15, 0.2) is 17.6 Å². The third-order valence-electron chi connectivity index (χ3n) is 3.85. The second-order valence-corrected chi connectivity index (χ2v) is 6.21. The third-order valence-corrected chi connectivity index (χ3v) is 4.09. The molecule has 0 unspecified atom stereocenters. The smallest absolute Gasteiger partial charge is 0.351 e. The number of hydrogen-bond donors (Lipinski definition) is 1. The molecule has 0 radical (unpaired) electrons. The van der Waals surface area contributed by atoms with Crippen LogP contribution in [0.15, 0.2) is 42.5 Å². The highest BCUT2D eigenvalue weighted by Crippen LogP contribution is 2.31. The zero-order valence-electron chi connectivity index (χ0n) is 14.7. The van der Waals surface area contributed by atoms with Gasteiger partial charge in [0, 0.05) is 5.02 Å². The van der Waals surface area contributed by atoms with Crippen molar-refractivity contribution in [2.45, 2.75) is 19.1 Å². The molecule has 3 rings (SSSR count). The summed E-state index contributed by atoms with van der Waals surface area (Å²) in [5.74, 6) is 0.227. The zero-order chi connectivity index (χ0) is 19.4. The average Bonchev–Trinajstić information content (AvgIpc) is 2.67. The molecule has 1 aliphatic heterocycles. The van der Waals surface area contributed by atoms with Gasteiger partial charge < -0.3 is 24.3 Å². The lowest BCUT2D eigenvalue weighted by Crippen LogP contribution is -2.41. The highest BCUT2D eigenvalue weighted by Gasteiger charge is 2.31. The summed E-state index contributed by atoms with van der Waals surface area (Å²) in [6, 6.07) is 11.8. The van der Waals surface area contributed by atoms with E-state index in [9.17, 15) is 9.59 Å². The van der Waals surface area contributed by atoms with Crippen LogP contribution in [0.4, 0.5) is 5.69 Å². The maximum Gasteiger partial charge on any atom is 0.351 e. The van der Waals surface area contributed by atoms with Gasteiger partial charge in [-0.25, -0.2) is 4.79 Å². The van der Waals surface area contributed by atoms with E-state index in [2.05, 4.69) is 5.32 Å². The first-order valence-electron chi connectivity index (χ1n) is 8.21. The number of carbonyl (C=O) groups is 2. The molecule has 0 bridgehead atoms. The molecule has 27 heavy (non-hydrogen) atoms. The fourth-order valence-electron chi connectivity index (χ4n) is 2.45. The SMILES string of the molecule is COc1ccc(Cl)cc1NC(=O)[C@H](C)OC(=O)[C@H]1COc2ccccc2O1. The second-order valence-electron chi connectivity index (χ2n) is 5.78. The first kappa shape index (κ1) is 18.8. The molecule has 0 spiro atoms. The van der Waals surface area contributed by atoms with E-state index in [0.717, 1.165) is 0 Å². The molecule has 2 atom stereocenters. The van der Waals surface area contributed by atoms with E-state index in [1.807, 2.05) is 0 Å². The van der Waals surface area contributed by atoms with Gasteiger partial charge in [-0.05, 0) is 37.3 Å². The minimum atomic E-state index is -1.05. The molecule has 0 saturated carbocycles. The van der Waals surface area contributed by atoms with Crippen molar-refractivity contribution in [3.05, 3.63) is 47.5 Å². The number of ether oxygens (including phenoxy) is 4. The van der Waals surface area contributed by atoms with Crippen LogP contribution in [0.1, 0.15) is 6.92 Å². The quantitative estimate of drug-likeness (QED) is 0.789. The number of para-hydroxylation sites is 2. The van der Waals surface area contributed by atoms with Gasteiger partial charge >= 0.3 is 5.97 Å². The highest BCUT2D eigenvalue weighted by atomic mass is 35.5. The number of anilines is 1. The lowest BCUT2D eigenvalue weighted by molar-refractivity contribution is -0.162. The number of esters is 1. The Morgan fingerprint density at radius 3 is 2.70 bits per heavy atom. The average molecular weight is 392 g/mol. The van der Waals surface area contributed by atoms with E-state index >= 15 is 0 Å². The summed E-state index contributed by atoms with van der Waals surface area (Å²) < 4.78 is 21.4. The van der Waals surface area contributed by atoms with Gasteiger partial charge in [0.05, 0.1) is 12.8 Å². The van der Waals surface area contributed by atoms with Crippen LogP contribution in [0.5, 0.6) is 17.2 Å². The van der Waals surface area contributed by atoms with Crippen LogP contribution < -0.4 is 19.5 Å². The first-order valence-corrected chi connectivity index (χ1v) is 8.59. The first-order chi connectivity index (χ1) is 13.0. The Labute approximate surface area is 161 Å². The molecule has 8 heteroatoms. The van der Waals surface area contributed by atoms with Gasteiger partial charge in [-0.15, -0.1) is 0 Å². The Morgan fingerprint density at radius 2 is 1.96 bits per heavy atom. The maximum absolute atomic E-state index is 12.3. The summed E-state index contributed by atoms with van der Waals surface area (Å²) in [7, 11) is 1.47. The van der Waals surface area contributed by atoms with E-state index in [1.165, 1.54) is 14.0 Å². The molecule has 0 aliphatic carbocycles. The number of benzene rings is 2. The van der Waals surface area contributed by atoms with Crippen molar-refractivity contribution in [1.29, 1.82) is 0 Å². The van der Waals surface area contributed by atoms with Gasteiger partial charge in [-0.3, -0.25) is 4.79 Å². The van der Waals surface area contributed by atoms with Crippen molar-refractivity contribution in [3.63, 3.8) is 0 Å². The van der Waals surface area contributed by atoms with Crippen molar-refractivity contribution in [2.75, 3.05) is 19.0 Å². The minimum Gasteiger partial charge on any atom is -0.495 e. The van der Waals surface area contributed by atoms with E-state index in [0.29, 0.717) is 28.0 Å². The Hall–Kier alpha value is -2.93. The van der Waals surface area contributed by atoms with Crippen LogP contribution in [0.3, 0.4) is 0 Å². The Morgan fingerprint density at radius 1 is 1.22 bits per heavy atom. The highest BCUT2D eigenvalue weighted by molar-refractivity contribution is 6.31. The Kier molecular flexibility index (Phi) is 5.71. The fraction of sp³-hybridized carbons (Fsp3) is 0.263. The van der Waals surface area contributed by atoms with Crippen molar-refractivity contribution >= 4 is 29.2 Å². The van der Waals surface area contributed by atoms with Gasteiger partial charge in [-0.2, -0.15) is 0 Å². The lowest BCUT2D eigenvalue weighted by Gasteiger charge is -2.26. The molecule has 0 saturated heterocycles. The predicted molar refractivity (Wildman–Crippen MR) is 98.5 cm³/mol. The van der Waals surface area contributed by atoms with Crippen molar-refractivity contribution in [2.24, 2.45) is 0 Å².